The van der Waals surface area contributed by atoms with Gasteiger partial charge in [-0.2, -0.15) is 0 Å². The van der Waals surface area contributed by atoms with Gasteiger partial charge in [0.2, 0.25) is 0 Å². The van der Waals surface area contributed by atoms with E-state index < -0.39 is 6.10 Å². The van der Waals surface area contributed by atoms with Crippen molar-refractivity contribution in [2.24, 2.45) is 0 Å². The molecule has 1 aliphatic carbocycles. The van der Waals surface area contributed by atoms with Gasteiger partial charge in [0.15, 0.2) is 6.10 Å². The van der Waals surface area contributed by atoms with Gasteiger partial charge in [-0.25, -0.2) is 4.79 Å². The van der Waals surface area contributed by atoms with E-state index in [0.29, 0.717) is 19.1 Å². The van der Waals surface area contributed by atoms with Crippen molar-refractivity contribution < 1.29 is 14.3 Å². The second-order valence-electron chi connectivity index (χ2n) is 5.49. The topological polar surface area (TPSA) is 47.6 Å². The van der Waals surface area contributed by atoms with Gasteiger partial charge >= 0.3 is 5.97 Å². The van der Waals surface area contributed by atoms with Crippen LogP contribution >= 0.6 is 0 Å². The fraction of sp³-hybridized carbons (Fsp3) is 0.588. The Morgan fingerprint density at radius 2 is 2.14 bits per heavy atom. The van der Waals surface area contributed by atoms with Crippen LogP contribution in [0, 0.1) is 6.92 Å². The first-order chi connectivity index (χ1) is 10.2. The molecule has 1 fully saturated rings. The molecule has 0 saturated heterocycles. The predicted molar refractivity (Wildman–Crippen MR) is 82.4 cm³/mol. The molecule has 2 rings (SSSR count). The molecule has 1 aliphatic rings. The minimum atomic E-state index is -0.536. The second-order valence-corrected chi connectivity index (χ2v) is 5.49. The smallest absolute Gasteiger partial charge is 0.347 e. The van der Waals surface area contributed by atoms with Crippen molar-refractivity contribution in [3.8, 4) is 5.75 Å². The summed E-state index contributed by atoms with van der Waals surface area (Å²) in [6.07, 6.45) is 2.57. The molecule has 1 aromatic carbocycles. The van der Waals surface area contributed by atoms with Crippen LogP contribution in [0.15, 0.2) is 18.2 Å². The number of hydrogen-bond donors (Lipinski definition) is 1. The van der Waals surface area contributed by atoms with E-state index in [1.165, 1.54) is 12.8 Å². The third-order valence-corrected chi connectivity index (χ3v) is 3.63. The summed E-state index contributed by atoms with van der Waals surface area (Å²) < 4.78 is 11.1. The molecule has 1 N–H and O–H groups in total. The van der Waals surface area contributed by atoms with Gasteiger partial charge in [0.25, 0.3) is 0 Å². The molecule has 1 unspecified atom stereocenters. The van der Waals surface area contributed by atoms with E-state index in [9.17, 15) is 4.79 Å². The van der Waals surface area contributed by atoms with Gasteiger partial charge < -0.3 is 14.8 Å². The monoisotopic (exact) mass is 291 g/mol. The molecule has 0 bridgehead atoms. The third kappa shape index (κ3) is 4.46. The summed E-state index contributed by atoms with van der Waals surface area (Å²) in [5.74, 6) is 0.523. The Hall–Kier alpha value is -1.55. The Labute approximate surface area is 126 Å². The molecule has 0 aromatic heterocycles. The number of hydrogen-bond acceptors (Lipinski definition) is 4. The summed E-state index contributed by atoms with van der Waals surface area (Å²) in [5, 5.41) is 3.49. The van der Waals surface area contributed by atoms with Crippen LogP contribution in [0.5, 0.6) is 5.75 Å². The minimum absolute atomic E-state index is 0.288. The lowest BCUT2D eigenvalue weighted by Crippen LogP contribution is -2.29. The van der Waals surface area contributed by atoms with Crippen LogP contribution in [-0.4, -0.2) is 24.7 Å². The summed E-state index contributed by atoms with van der Waals surface area (Å²) in [7, 11) is 0. The number of rotatable bonds is 8. The van der Waals surface area contributed by atoms with Crippen LogP contribution in [0.1, 0.15) is 44.2 Å². The summed E-state index contributed by atoms with van der Waals surface area (Å²) in [5.41, 5.74) is 2.15. The highest BCUT2D eigenvalue weighted by atomic mass is 16.6. The van der Waals surface area contributed by atoms with Crippen molar-refractivity contribution in [3.05, 3.63) is 29.3 Å². The van der Waals surface area contributed by atoms with Gasteiger partial charge in [-0.05, 0) is 38.7 Å². The van der Waals surface area contributed by atoms with Crippen molar-refractivity contribution in [2.45, 2.75) is 58.7 Å². The standard InChI is InChI=1S/C17H25NO3/c1-4-15(17(19)20-5-2)21-16-12(3)7-6-8-13(16)11-18-14-9-10-14/h6-8,14-15,18H,4-5,9-11H2,1-3H3. The van der Waals surface area contributed by atoms with Crippen LogP contribution in [-0.2, 0) is 16.1 Å². The highest BCUT2D eigenvalue weighted by Gasteiger charge is 2.23. The summed E-state index contributed by atoms with van der Waals surface area (Å²) in [6.45, 7) is 6.91. The van der Waals surface area contributed by atoms with E-state index in [4.69, 9.17) is 9.47 Å². The summed E-state index contributed by atoms with van der Waals surface area (Å²) >= 11 is 0. The van der Waals surface area contributed by atoms with Crippen molar-refractivity contribution in [2.75, 3.05) is 6.61 Å². The number of carbonyl (C=O) groups is 1. The Morgan fingerprint density at radius 3 is 2.76 bits per heavy atom. The Balaban J connectivity index is 2.10. The Kier molecular flexibility index (Phi) is 5.62. The molecule has 0 radical (unpaired) electrons. The number of esters is 1. The van der Waals surface area contributed by atoms with Crippen LogP contribution in [0.4, 0.5) is 0 Å². The predicted octanol–water partition coefficient (Wildman–Crippen LogP) is 2.97. The number of carbonyl (C=O) groups excluding carboxylic acids is 1. The van der Waals surface area contributed by atoms with Gasteiger partial charge in [0.1, 0.15) is 5.75 Å². The number of nitrogens with one attached hydrogen (secondary N) is 1. The quantitative estimate of drug-likeness (QED) is 0.748. The molecule has 1 atom stereocenters. The van der Waals surface area contributed by atoms with Crippen LogP contribution in [0.2, 0.25) is 0 Å². The maximum Gasteiger partial charge on any atom is 0.347 e. The van der Waals surface area contributed by atoms with Crippen LogP contribution in [0.3, 0.4) is 0 Å². The molecule has 116 valence electrons. The lowest BCUT2D eigenvalue weighted by molar-refractivity contribution is -0.151. The molecule has 0 heterocycles. The van der Waals surface area contributed by atoms with Crippen LogP contribution in [0.25, 0.3) is 0 Å². The highest BCUT2D eigenvalue weighted by molar-refractivity contribution is 5.75. The average Bonchev–Trinajstić information content (AvgIpc) is 3.28. The first-order valence-electron chi connectivity index (χ1n) is 7.80. The van der Waals surface area contributed by atoms with Crippen LogP contribution < -0.4 is 10.1 Å². The first-order valence-corrected chi connectivity index (χ1v) is 7.80. The summed E-state index contributed by atoms with van der Waals surface area (Å²) in [4.78, 5) is 11.9. The fourth-order valence-electron chi connectivity index (χ4n) is 2.24. The molecule has 21 heavy (non-hydrogen) atoms. The molecule has 1 saturated carbocycles. The number of ether oxygens (including phenoxy) is 2. The normalized spacial score (nSPS) is 15.6. The SMILES string of the molecule is CCOC(=O)C(CC)Oc1c(C)cccc1CNC1CC1. The largest absolute Gasteiger partial charge is 0.478 e. The molecule has 0 spiro atoms. The Morgan fingerprint density at radius 1 is 1.38 bits per heavy atom. The zero-order valence-corrected chi connectivity index (χ0v) is 13.1. The van der Waals surface area contributed by atoms with Gasteiger partial charge in [-0.1, -0.05) is 25.1 Å². The van der Waals surface area contributed by atoms with Gasteiger partial charge in [0.05, 0.1) is 6.61 Å². The molecule has 1 aromatic rings. The average molecular weight is 291 g/mol. The molecule has 0 amide bonds. The lowest BCUT2D eigenvalue weighted by Gasteiger charge is -2.20. The fourth-order valence-corrected chi connectivity index (χ4v) is 2.24. The zero-order chi connectivity index (χ0) is 15.2. The van der Waals surface area contributed by atoms with E-state index in [0.717, 1.165) is 23.4 Å². The van der Waals surface area contributed by atoms with E-state index in [1.807, 2.05) is 32.9 Å². The number of aryl methyl sites for hydroxylation is 1. The minimum Gasteiger partial charge on any atom is -0.478 e. The second kappa shape index (κ2) is 7.46. The maximum absolute atomic E-state index is 11.9. The van der Waals surface area contributed by atoms with Gasteiger partial charge in [-0.3, -0.25) is 0 Å². The lowest BCUT2D eigenvalue weighted by atomic mass is 10.1. The van der Waals surface area contributed by atoms with Crippen molar-refractivity contribution in [1.29, 1.82) is 0 Å². The van der Waals surface area contributed by atoms with E-state index in [2.05, 4.69) is 11.4 Å². The van der Waals surface area contributed by atoms with Crippen molar-refractivity contribution >= 4 is 5.97 Å². The van der Waals surface area contributed by atoms with E-state index in [1.54, 1.807) is 0 Å². The molecule has 0 aliphatic heterocycles. The number of benzene rings is 1. The zero-order valence-electron chi connectivity index (χ0n) is 13.1. The molecular weight excluding hydrogens is 266 g/mol. The number of para-hydroxylation sites is 1. The van der Waals surface area contributed by atoms with Gasteiger partial charge in [0, 0.05) is 18.2 Å². The Bertz CT molecular complexity index is 483. The highest BCUT2D eigenvalue weighted by Crippen LogP contribution is 2.27. The third-order valence-electron chi connectivity index (χ3n) is 3.63. The van der Waals surface area contributed by atoms with E-state index >= 15 is 0 Å². The maximum atomic E-state index is 11.9. The summed E-state index contributed by atoms with van der Waals surface area (Å²) in [6, 6.07) is 6.73. The molecule has 4 nitrogen and oxygen atoms in total. The molecule has 4 heteroatoms. The van der Waals surface area contributed by atoms with Gasteiger partial charge in [-0.15, -0.1) is 0 Å². The van der Waals surface area contributed by atoms with Crippen molar-refractivity contribution in [1.82, 2.24) is 5.32 Å². The first kappa shape index (κ1) is 15.8. The molecular formula is C17H25NO3. The van der Waals surface area contributed by atoms with Crippen molar-refractivity contribution in [3.63, 3.8) is 0 Å². The van der Waals surface area contributed by atoms with E-state index in [-0.39, 0.29) is 5.97 Å².